The Morgan fingerprint density at radius 1 is 1.14 bits per heavy atom. The Labute approximate surface area is 211 Å². The fourth-order valence-corrected chi connectivity index (χ4v) is 5.37. The van der Waals surface area contributed by atoms with Crippen LogP contribution in [0.5, 0.6) is 0 Å². The van der Waals surface area contributed by atoms with E-state index < -0.39 is 17.7 Å². The maximum atomic E-state index is 13.4. The number of aryl methyl sites for hydroxylation is 1. The predicted octanol–water partition coefficient (Wildman–Crippen LogP) is 3.55. The summed E-state index contributed by atoms with van der Waals surface area (Å²) in [6, 6.07) is 12.4. The van der Waals surface area contributed by atoms with E-state index in [0.717, 1.165) is 29.7 Å². The number of ketones is 1. The van der Waals surface area contributed by atoms with Crippen molar-refractivity contribution in [2.75, 3.05) is 39.4 Å². The number of aromatic nitrogens is 2. The third kappa shape index (κ3) is 4.51. The number of aliphatic hydroxyl groups excluding tert-OH is 1. The average molecular weight is 539 g/mol. The third-order valence-corrected chi connectivity index (χ3v) is 7.10. The van der Waals surface area contributed by atoms with Crippen LogP contribution in [-0.2, 0) is 14.3 Å². The van der Waals surface area contributed by atoms with Crippen LogP contribution in [-0.4, -0.2) is 75.4 Å². The monoisotopic (exact) mass is 538 g/mol. The number of fused-ring (bicyclic) bond motifs is 1. The van der Waals surface area contributed by atoms with Gasteiger partial charge in [0.15, 0.2) is 5.76 Å². The van der Waals surface area contributed by atoms with Gasteiger partial charge in [-0.2, -0.15) is 0 Å². The van der Waals surface area contributed by atoms with Crippen LogP contribution in [0.1, 0.15) is 29.4 Å². The summed E-state index contributed by atoms with van der Waals surface area (Å²) in [4.78, 5) is 35.0. The van der Waals surface area contributed by atoms with Crippen LogP contribution in [0.3, 0.4) is 0 Å². The van der Waals surface area contributed by atoms with Crippen LogP contribution in [0, 0.1) is 6.92 Å². The Hall–Kier alpha value is -3.01. The van der Waals surface area contributed by atoms with Crippen LogP contribution in [0.15, 0.2) is 58.7 Å². The summed E-state index contributed by atoms with van der Waals surface area (Å²) in [5, 5.41) is 11.5. The van der Waals surface area contributed by atoms with E-state index in [2.05, 4.69) is 25.8 Å². The highest BCUT2D eigenvalue weighted by atomic mass is 79.9. The predicted molar refractivity (Wildman–Crippen MR) is 135 cm³/mol. The summed E-state index contributed by atoms with van der Waals surface area (Å²) in [5.41, 5.74) is 2.52. The SMILES string of the molecule is Cc1nc2ccccn2c1/C(O)=C1\C(=O)C(=O)N(CCCN2CCOCC2)C1c1cccc(Br)c1. The summed E-state index contributed by atoms with van der Waals surface area (Å²) in [5.74, 6) is -1.48. The van der Waals surface area contributed by atoms with Gasteiger partial charge in [0.2, 0.25) is 0 Å². The molecule has 1 aromatic carbocycles. The molecule has 0 radical (unpaired) electrons. The maximum absolute atomic E-state index is 13.4. The lowest BCUT2D eigenvalue weighted by Gasteiger charge is -2.29. The molecule has 5 rings (SSSR count). The van der Waals surface area contributed by atoms with Gasteiger partial charge in [-0.05, 0) is 43.2 Å². The number of hydrogen-bond acceptors (Lipinski definition) is 6. The van der Waals surface area contributed by atoms with Crippen molar-refractivity contribution in [2.24, 2.45) is 0 Å². The number of imidazole rings is 1. The molecule has 1 atom stereocenters. The van der Waals surface area contributed by atoms with Gasteiger partial charge in [0.25, 0.3) is 11.7 Å². The number of pyridine rings is 1. The zero-order valence-corrected chi connectivity index (χ0v) is 21.1. The highest BCUT2D eigenvalue weighted by Crippen LogP contribution is 2.40. The van der Waals surface area contributed by atoms with Crippen molar-refractivity contribution in [1.82, 2.24) is 19.2 Å². The van der Waals surface area contributed by atoms with Gasteiger partial charge in [-0.15, -0.1) is 0 Å². The second-order valence-electron chi connectivity index (χ2n) is 8.83. The second-order valence-corrected chi connectivity index (χ2v) is 9.75. The minimum Gasteiger partial charge on any atom is -0.505 e. The number of benzene rings is 1. The molecule has 2 fully saturated rings. The molecule has 1 N–H and O–H groups in total. The number of ether oxygens (including phenoxy) is 1. The molecule has 0 aliphatic carbocycles. The highest BCUT2D eigenvalue weighted by Gasteiger charge is 2.46. The van der Waals surface area contributed by atoms with Gasteiger partial charge in [-0.3, -0.25) is 18.9 Å². The Morgan fingerprint density at radius 3 is 2.71 bits per heavy atom. The lowest BCUT2D eigenvalue weighted by molar-refractivity contribution is -0.140. The van der Waals surface area contributed by atoms with Crippen molar-refractivity contribution in [1.29, 1.82) is 0 Å². The molecular formula is C26H27BrN4O4. The fraction of sp³-hybridized carbons (Fsp3) is 0.346. The van der Waals surface area contributed by atoms with E-state index >= 15 is 0 Å². The van der Waals surface area contributed by atoms with E-state index in [-0.39, 0.29) is 11.3 Å². The molecule has 2 aliphatic heterocycles. The third-order valence-electron chi connectivity index (χ3n) is 6.61. The normalized spacial score (nSPS) is 20.7. The molecule has 8 nitrogen and oxygen atoms in total. The number of carbonyl (C=O) groups excluding carboxylic acids is 2. The number of amides is 1. The fourth-order valence-electron chi connectivity index (χ4n) is 4.95. The first-order chi connectivity index (χ1) is 17.0. The van der Waals surface area contributed by atoms with Crippen LogP contribution in [0.25, 0.3) is 11.4 Å². The first-order valence-electron chi connectivity index (χ1n) is 11.7. The molecule has 35 heavy (non-hydrogen) atoms. The molecule has 2 aromatic heterocycles. The first kappa shape index (κ1) is 23.7. The first-order valence-corrected chi connectivity index (χ1v) is 12.5. The Kier molecular flexibility index (Phi) is 6.73. The Bertz CT molecular complexity index is 1310. The van der Waals surface area contributed by atoms with E-state index in [4.69, 9.17) is 4.74 Å². The van der Waals surface area contributed by atoms with Crippen molar-refractivity contribution >= 4 is 39.0 Å². The maximum Gasteiger partial charge on any atom is 0.295 e. The largest absolute Gasteiger partial charge is 0.505 e. The molecule has 0 spiro atoms. The number of likely N-dealkylation sites (tertiary alicyclic amines) is 1. The number of morpholine rings is 1. The summed E-state index contributed by atoms with van der Waals surface area (Å²) < 4.78 is 7.99. The molecule has 0 bridgehead atoms. The molecule has 4 heterocycles. The Balaban J connectivity index is 1.55. The van der Waals surface area contributed by atoms with E-state index in [9.17, 15) is 14.7 Å². The van der Waals surface area contributed by atoms with Gasteiger partial charge in [0.1, 0.15) is 11.3 Å². The lowest BCUT2D eigenvalue weighted by atomic mass is 9.96. The van der Waals surface area contributed by atoms with Crippen molar-refractivity contribution in [3.05, 3.63) is 75.7 Å². The minimum atomic E-state index is -0.689. The number of nitrogens with zero attached hydrogens (tertiary/aromatic N) is 4. The van der Waals surface area contributed by atoms with Crippen LogP contribution < -0.4 is 0 Å². The van der Waals surface area contributed by atoms with Gasteiger partial charge in [0, 0.05) is 36.8 Å². The van der Waals surface area contributed by atoms with E-state index in [1.54, 1.807) is 22.4 Å². The lowest BCUT2D eigenvalue weighted by Crippen LogP contribution is -2.38. The quantitative estimate of drug-likeness (QED) is 0.293. The zero-order chi connectivity index (χ0) is 24.5. The summed E-state index contributed by atoms with van der Waals surface area (Å²) in [7, 11) is 0. The Morgan fingerprint density at radius 2 is 1.94 bits per heavy atom. The van der Waals surface area contributed by atoms with E-state index in [0.29, 0.717) is 43.2 Å². The van der Waals surface area contributed by atoms with Gasteiger partial charge < -0.3 is 14.7 Å². The van der Waals surface area contributed by atoms with Gasteiger partial charge >= 0.3 is 0 Å². The van der Waals surface area contributed by atoms with E-state index in [1.807, 2.05) is 42.5 Å². The van der Waals surface area contributed by atoms with Gasteiger partial charge in [-0.1, -0.05) is 34.1 Å². The number of rotatable bonds is 6. The molecule has 2 saturated heterocycles. The van der Waals surface area contributed by atoms with Gasteiger partial charge in [-0.25, -0.2) is 4.98 Å². The molecule has 9 heteroatoms. The number of halogens is 1. The molecule has 1 amide bonds. The molecule has 0 saturated carbocycles. The number of hydrogen-bond donors (Lipinski definition) is 1. The van der Waals surface area contributed by atoms with Gasteiger partial charge in [0.05, 0.1) is 30.5 Å². The number of Topliss-reactive ketones (excluding diaryl/α,β-unsaturated/α-hetero) is 1. The highest BCUT2D eigenvalue weighted by molar-refractivity contribution is 9.10. The molecule has 1 unspecified atom stereocenters. The topological polar surface area (TPSA) is 87.4 Å². The van der Waals surface area contributed by atoms with Crippen LogP contribution >= 0.6 is 15.9 Å². The van der Waals surface area contributed by atoms with E-state index in [1.165, 1.54) is 0 Å². The number of carbonyl (C=O) groups is 2. The molecule has 182 valence electrons. The molecular weight excluding hydrogens is 512 g/mol. The van der Waals surface area contributed by atoms with Crippen molar-refractivity contribution in [3.63, 3.8) is 0 Å². The molecule has 2 aliphatic rings. The van der Waals surface area contributed by atoms with Crippen molar-refractivity contribution in [3.8, 4) is 0 Å². The summed E-state index contributed by atoms with van der Waals surface area (Å²) in [6.45, 7) is 6.14. The number of aliphatic hydroxyl groups is 1. The van der Waals surface area contributed by atoms with Crippen LogP contribution in [0.4, 0.5) is 0 Å². The second kappa shape index (κ2) is 9.93. The average Bonchev–Trinajstić information content (AvgIpc) is 3.32. The smallest absolute Gasteiger partial charge is 0.295 e. The summed E-state index contributed by atoms with van der Waals surface area (Å²) >= 11 is 3.50. The zero-order valence-electron chi connectivity index (χ0n) is 19.5. The van der Waals surface area contributed by atoms with Crippen molar-refractivity contribution < 1.29 is 19.4 Å². The van der Waals surface area contributed by atoms with Crippen LogP contribution in [0.2, 0.25) is 0 Å². The summed E-state index contributed by atoms with van der Waals surface area (Å²) in [6.07, 6.45) is 2.50. The minimum absolute atomic E-state index is 0.0909. The van der Waals surface area contributed by atoms with Crippen molar-refractivity contribution in [2.45, 2.75) is 19.4 Å². The molecule has 3 aromatic rings. The standard InChI is InChI=1S/C26H27BrN4O4/c1-17-22(30-10-3-2-8-20(30)28-17)24(32)21-23(18-6-4-7-19(27)16-18)31(26(34)25(21)33)11-5-9-29-12-14-35-15-13-29/h2-4,6-8,10,16,23,32H,5,9,11-15H2,1H3/b24-21+.